The summed E-state index contributed by atoms with van der Waals surface area (Å²) in [7, 11) is 3.98. The molecule has 9 heteroatoms. The number of hydrogen-bond donors (Lipinski definition) is 2. The van der Waals surface area contributed by atoms with E-state index in [0.717, 1.165) is 41.0 Å². The molecule has 0 atom stereocenters. The zero-order chi connectivity index (χ0) is 18.4. The van der Waals surface area contributed by atoms with E-state index in [-0.39, 0.29) is 24.0 Å². The molecule has 0 saturated carbocycles. The van der Waals surface area contributed by atoms with Gasteiger partial charge in [0.15, 0.2) is 22.6 Å². The molecule has 2 N–H and O–H groups in total. The fraction of sp³-hybridized carbons (Fsp3) is 0.444. The maximum Gasteiger partial charge on any atom is 0.196 e. The summed E-state index contributed by atoms with van der Waals surface area (Å²) in [6.07, 6.45) is 0.893. The van der Waals surface area contributed by atoms with Crippen molar-refractivity contribution in [1.82, 2.24) is 10.3 Å². The van der Waals surface area contributed by atoms with Gasteiger partial charge in [-0.1, -0.05) is 0 Å². The predicted octanol–water partition coefficient (Wildman–Crippen LogP) is 3.57. The summed E-state index contributed by atoms with van der Waals surface area (Å²) in [4.78, 5) is 11.2. The standard InChI is InChI=1S/C18H25N5O2S.HI/c1-4-19-17(20-11-14-12-26-18(22-14)23(2)3)21-13-6-7-15-16(10-13)25-9-5-8-24-15;/h6-7,10,12H,4-5,8-9,11H2,1-3H3,(H2,19,20,21);1H. The maximum atomic E-state index is 5.75. The Morgan fingerprint density at radius 2 is 2.04 bits per heavy atom. The van der Waals surface area contributed by atoms with Crippen molar-refractivity contribution in [2.24, 2.45) is 4.99 Å². The third kappa shape index (κ3) is 6.13. The Morgan fingerprint density at radius 1 is 1.26 bits per heavy atom. The number of hydrogen-bond acceptors (Lipinski definition) is 6. The molecule has 0 aliphatic carbocycles. The van der Waals surface area contributed by atoms with Crippen LogP contribution in [0.2, 0.25) is 0 Å². The first kappa shape index (κ1) is 21.5. The number of aromatic nitrogens is 1. The van der Waals surface area contributed by atoms with Crippen LogP contribution < -0.4 is 25.0 Å². The molecule has 0 bridgehead atoms. The van der Waals surface area contributed by atoms with E-state index in [4.69, 9.17) is 9.47 Å². The van der Waals surface area contributed by atoms with Crippen LogP contribution in [0.4, 0.5) is 10.8 Å². The lowest BCUT2D eigenvalue weighted by Gasteiger charge is -2.13. The van der Waals surface area contributed by atoms with Gasteiger partial charge in [0, 0.05) is 44.2 Å². The number of aliphatic imine (C=N–C) groups is 1. The van der Waals surface area contributed by atoms with E-state index in [9.17, 15) is 0 Å². The summed E-state index contributed by atoms with van der Waals surface area (Å²) in [6, 6.07) is 5.84. The summed E-state index contributed by atoms with van der Waals surface area (Å²) in [6.45, 7) is 4.69. The molecule has 148 valence electrons. The van der Waals surface area contributed by atoms with Crippen molar-refractivity contribution in [3.63, 3.8) is 0 Å². The normalized spacial score (nSPS) is 13.4. The highest BCUT2D eigenvalue weighted by molar-refractivity contribution is 14.0. The van der Waals surface area contributed by atoms with E-state index in [1.807, 2.05) is 49.5 Å². The van der Waals surface area contributed by atoms with E-state index in [1.165, 1.54) is 0 Å². The molecule has 7 nitrogen and oxygen atoms in total. The van der Waals surface area contributed by atoms with Crippen molar-refractivity contribution >= 4 is 52.1 Å². The zero-order valence-corrected chi connectivity index (χ0v) is 19.0. The van der Waals surface area contributed by atoms with Gasteiger partial charge >= 0.3 is 0 Å². The van der Waals surface area contributed by atoms with Crippen LogP contribution in [0.3, 0.4) is 0 Å². The van der Waals surface area contributed by atoms with E-state index in [0.29, 0.717) is 25.7 Å². The van der Waals surface area contributed by atoms with Gasteiger partial charge < -0.3 is 25.0 Å². The number of rotatable bonds is 5. The number of anilines is 2. The number of guanidine groups is 1. The number of ether oxygens (including phenoxy) is 2. The number of fused-ring (bicyclic) bond motifs is 1. The average Bonchev–Trinajstić information content (AvgIpc) is 2.98. The molecule has 1 aromatic heterocycles. The lowest BCUT2D eigenvalue weighted by Crippen LogP contribution is -2.30. The molecule has 1 aromatic carbocycles. The van der Waals surface area contributed by atoms with Crippen LogP contribution in [-0.4, -0.2) is 44.8 Å². The van der Waals surface area contributed by atoms with Crippen LogP contribution in [-0.2, 0) is 6.54 Å². The van der Waals surface area contributed by atoms with Crippen LogP contribution in [0.1, 0.15) is 19.0 Å². The Kier molecular flexibility index (Phi) is 8.42. The molecule has 0 spiro atoms. The minimum Gasteiger partial charge on any atom is -0.490 e. The fourth-order valence-electron chi connectivity index (χ4n) is 2.42. The van der Waals surface area contributed by atoms with E-state index in [1.54, 1.807) is 11.3 Å². The largest absolute Gasteiger partial charge is 0.490 e. The van der Waals surface area contributed by atoms with Gasteiger partial charge in [0.2, 0.25) is 0 Å². The smallest absolute Gasteiger partial charge is 0.196 e. The highest BCUT2D eigenvalue weighted by Gasteiger charge is 2.11. The molecule has 2 aromatic rings. The summed E-state index contributed by atoms with van der Waals surface area (Å²) < 4.78 is 11.4. The predicted molar refractivity (Wildman–Crippen MR) is 122 cm³/mol. The Labute approximate surface area is 181 Å². The Morgan fingerprint density at radius 3 is 2.74 bits per heavy atom. The van der Waals surface area contributed by atoms with Crippen molar-refractivity contribution in [1.29, 1.82) is 0 Å². The monoisotopic (exact) mass is 503 g/mol. The molecule has 1 aliphatic heterocycles. The summed E-state index contributed by atoms with van der Waals surface area (Å²) >= 11 is 1.62. The minimum atomic E-state index is 0. The van der Waals surface area contributed by atoms with Crippen LogP contribution in [0.25, 0.3) is 0 Å². The molecule has 0 unspecified atom stereocenters. The molecule has 0 fully saturated rings. The van der Waals surface area contributed by atoms with Gasteiger partial charge in [-0.3, -0.25) is 0 Å². The zero-order valence-electron chi connectivity index (χ0n) is 15.8. The second kappa shape index (κ2) is 10.5. The molecule has 3 rings (SSSR count). The highest BCUT2D eigenvalue weighted by Crippen LogP contribution is 2.32. The molecule has 27 heavy (non-hydrogen) atoms. The van der Waals surface area contributed by atoms with Crippen molar-refractivity contribution < 1.29 is 9.47 Å². The van der Waals surface area contributed by atoms with Gasteiger partial charge in [-0.05, 0) is 19.1 Å². The van der Waals surface area contributed by atoms with Crippen LogP contribution in [0, 0.1) is 0 Å². The topological polar surface area (TPSA) is 71.0 Å². The molecule has 2 heterocycles. The molecular weight excluding hydrogens is 477 g/mol. The molecule has 0 radical (unpaired) electrons. The number of nitrogens with one attached hydrogen (secondary N) is 2. The first-order valence-corrected chi connectivity index (χ1v) is 9.60. The average molecular weight is 503 g/mol. The Hall–Kier alpha value is -1.75. The summed E-state index contributed by atoms with van der Waals surface area (Å²) in [5.74, 6) is 2.26. The van der Waals surface area contributed by atoms with Crippen molar-refractivity contribution in [3.8, 4) is 11.5 Å². The molecule has 0 saturated heterocycles. The van der Waals surface area contributed by atoms with Crippen molar-refractivity contribution in [2.45, 2.75) is 19.9 Å². The molecule has 0 amide bonds. The quantitative estimate of drug-likeness (QED) is 0.370. The fourth-order valence-corrected chi connectivity index (χ4v) is 3.17. The maximum absolute atomic E-state index is 5.75. The van der Waals surface area contributed by atoms with Crippen LogP contribution in [0.5, 0.6) is 11.5 Å². The van der Waals surface area contributed by atoms with E-state index in [2.05, 4.69) is 20.6 Å². The Balaban J connectivity index is 0.00000261. The van der Waals surface area contributed by atoms with Gasteiger partial charge in [0.25, 0.3) is 0 Å². The van der Waals surface area contributed by atoms with Gasteiger partial charge in [-0.15, -0.1) is 35.3 Å². The van der Waals surface area contributed by atoms with Crippen LogP contribution >= 0.6 is 35.3 Å². The van der Waals surface area contributed by atoms with Gasteiger partial charge in [-0.25, -0.2) is 9.98 Å². The first-order valence-electron chi connectivity index (χ1n) is 8.72. The van der Waals surface area contributed by atoms with Gasteiger partial charge in [0.05, 0.1) is 25.5 Å². The minimum absolute atomic E-state index is 0. The van der Waals surface area contributed by atoms with Crippen LogP contribution in [0.15, 0.2) is 28.6 Å². The molecular formula is C18H26IN5O2S. The molecule has 1 aliphatic rings. The van der Waals surface area contributed by atoms with Gasteiger partial charge in [0.1, 0.15) is 0 Å². The third-order valence-corrected chi connectivity index (χ3v) is 4.73. The van der Waals surface area contributed by atoms with E-state index >= 15 is 0 Å². The second-order valence-electron chi connectivity index (χ2n) is 6.05. The van der Waals surface area contributed by atoms with Crippen molar-refractivity contribution in [3.05, 3.63) is 29.3 Å². The number of halogens is 1. The Bertz CT molecular complexity index is 766. The third-order valence-electron chi connectivity index (χ3n) is 3.68. The first-order chi connectivity index (χ1) is 12.7. The summed E-state index contributed by atoms with van der Waals surface area (Å²) in [5.41, 5.74) is 1.86. The highest BCUT2D eigenvalue weighted by atomic mass is 127. The lowest BCUT2D eigenvalue weighted by molar-refractivity contribution is 0.297. The van der Waals surface area contributed by atoms with E-state index < -0.39 is 0 Å². The number of benzene rings is 1. The second-order valence-corrected chi connectivity index (χ2v) is 6.88. The number of thiazole rings is 1. The summed E-state index contributed by atoms with van der Waals surface area (Å²) in [5, 5.41) is 9.59. The number of nitrogens with zero attached hydrogens (tertiary/aromatic N) is 3. The SMILES string of the molecule is CCNC(=NCc1csc(N(C)C)n1)Nc1ccc2c(c1)OCCCO2.I. The van der Waals surface area contributed by atoms with Crippen molar-refractivity contribution in [2.75, 3.05) is 44.1 Å². The van der Waals surface area contributed by atoms with Gasteiger partial charge in [-0.2, -0.15) is 0 Å². The lowest BCUT2D eigenvalue weighted by atomic mass is 10.3.